The fourth-order valence-electron chi connectivity index (χ4n) is 4.12. The molecule has 2 aliphatic heterocycles. The van der Waals surface area contributed by atoms with E-state index < -0.39 is 55.3 Å². The summed E-state index contributed by atoms with van der Waals surface area (Å²) in [4.78, 5) is 16.4. The predicted octanol–water partition coefficient (Wildman–Crippen LogP) is -2.77. The van der Waals surface area contributed by atoms with Crippen LogP contribution in [0.5, 0.6) is 0 Å². The van der Waals surface area contributed by atoms with Crippen molar-refractivity contribution < 1.29 is 44.2 Å². The maximum absolute atomic E-state index is 12.4. The standard InChI is InChI=1S/C20H25N5O10/c26-6-13-12(28)2-15(34-13)25-3-9-1-11(33-18(9)21-20(25)31)5-24-4-10(22-23-24)8-32-19-17(30)16(29)14(7-27)35-19/h1,3-4,12-17,19,26-30H,2,5-8H2/t12-,13+,14+,15+,16+,17+,19+/m0/s1. The van der Waals surface area contributed by atoms with Crippen LogP contribution in [0.2, 0.25) is 0 Å². The number of aliphatic hydroxyl groups excluding tert-OH is 5. The Hall–Kier alpha value is -2.76. The molecule has 3 aromatic heterocycles. The zero-order valence-corrected chi connectivity index (χ0v) is 18.3. The second kappa shape index (κ2) is 9.71. The third kappa shape index (κ3) is 4.72. The second-order valence-electron chi connectivity index (χ2n) is 8.44. The minimum absolute atomic E-state index is 0.0596. The minimum Gasteiger partial charge on any atom is -0.441 e. The van der Waals surface area contributed by atoms with Gasteiger partial charge in [-0.05, 0) is 6.07 Å². The van der Waals surface area contributed by atoms with Crippen LogP contribution in [0.3, 0.4) is 0 Å². The molecule has 15 heteroatoms. The van der Waals surface area contributed by atoms with Gasteiger partial charge in [-0.3, -0.25) is 4.57 Å². The first-order chi connectivity index (χ1) is 16.9. The van der Waals surface area contributed by atoms with Crippen LogP contribution in [0.1, 0.15) is 24.1 Å². The van der Waals surface area contributed by atoms with Crippen LogP contribution in [-0.2, 0) is 27.4 Å². The Balaban J connectivity index is 1.24. The monoisotopic (exact) mass is 495 g/mol. The van der Waals surface area contributed by atoms with Gasteiger partial charge in [-0.1, -0.05) is 5.21 Å². The molecule has 3 aromatic rings. The van der Waals surface area contributed by atoms with Gasteiger partial charge in [-0.15, -0.1) is 5.10 Å². The van der Waals surface area contributed by atoms with Gasteiger partial charge in [0.15, 0.2) is 6.29 Å². The van der Waals surface area contributed by atoms with Crippen LogP contribution >= 0.6 is 0 Å². The summed E-state index contributed by atoms with van der Waals surface area (Å²) >= 11 is 0. The lowest BCUT2D eigenvalue weighted by Crippen LogP contribution is -2.34. The highest BCUT2D eigenvalue weighted by Crippen LogP contribution is 2.28. The average Bonchev–Trinajstić information content (AvgIpc) is 3.60. The first kappa shape index (κ1) is 24.0. The number of hydrogen-bond acceptors (Lipinski definition) is 13. The van der Waals surface area contributed by atoms with Gasteiger partial charge in [-0.2, -0.15) is 4.98 Å². The van der Waals surface area contributed by atoms with Crippen molar-refractivity contribution in [3.05, 3.63) is 40.4 Å². The smallest absolute Gasteiger partial charge is 0.353 e. The van der Waals surface area contributed by atoms with Gasteiger partial charge in [0, 0.05) is 12.6 Å². The van der Waals surface area contributed by atoms with Gasteiger partial charge in [-0.25, -0.2) is 9.48 Å². The normalized spacial score (nSPS) is 31.1. The number of nitrogens with zero attached hydrogens (tertiary/aromatic N) is 5. The Morgan fingerprint density at radius 3 is 2.60 bits per heavy atom. The van der Waals surface area contributed by atoms with Gasteiger partial charge in [0.25, 0.3) is 0 Å². The van der Waals surface area contributed by atoms with E-state index in [1.165, 1.54) is 15.4 Å². The average molecular weight is 495 g/mol. The van der Waals surface area contributed by atoms with E-state index in [2.05, 4.69) is 15.3 Å². The summed E-state index contributed by atoms with van der Waals surface area (Å²) in [6.45, 7) is -0.692. The van der Waals surface area contributed by atoms with Crippen LogP contribution in [0.15, 0.2) is 27.7 Å². The lowest BCUT2D eigenvalue weighted by atomic mass is 10.1. The Kier molecular flexibility index (Phi) is 6.65. The van der Waals surface area contributed by atoms with E-state index in [0.29, 0.717) is 16.8 Å². The topological polar surface area (TPSA) is 208 Å². The number of ether oxygens (including phenoxy) is 3. The molecular weight excluding hydrogens is 470 g/mol. The molecule has 2 fully saturated rings. The molecule has 0 spiro atoms. The van der Waals surface area contributed by atoms with Crippen molar-refractivity contribution in [1.82, 2.24) is 24.5 Å². The summed E-state index contributed by atoms with van der Waals surface area (Å²) in [7, 11) is 0. The van der Waals surface area contributed by atoms with Crippen molar-refractivity contribution in [2.75, 3.05) is 13.2 Å². The number of hydrogen-bond donors (Lipinski definition) is 5. The van der Waals surface area contributed by atoms with Crippen molar-refractivity contribution in [2.24, 2.45) is 0 Å². The summed E-state index contributed by atoms with van der Waals surface area (Å²) in [5.74, 6) is 0.450. The molecule has 5 heterocycles. The maximum atomic E-state index is 12.4. The molecule has 0 aliphatic carbocycles. The maximum Gasteiger partial charge on any atom is 0.353 e. The van der Waals surface area contributed by atoms with E-state index in [1.54, 1.807) is 12.3 Å². The third-order valence-corrected chi connectivity index (χ3v) is 5.98. The number of furan rings is 1. The van der Waals surface area contributed by atoms with E-state index in [9.17, 15) is 25.2 Å². The van der Waals surface area contributed by atoms with E-state index in [0.717, 1.165) is 0 Å². The van der Waals surface area contributed by atoms with Gasteiger partial charge in [0.05, 0.1) is 37.5 Å². The number of aromatic nitrogens is 5. The van der Waals surface area contributed by atoms with Crippen LogP contribution < -0.4 is 5.69 Å². The van der Waals surface area contributed by atoms with E-state index in [4.69, 9.17) is 23.7 Å². The molecule has 35 heavy (non-hydrogen) atoms. The van der Waals surface area contributed by atoms with E-state index in [-0.39, 0.29) is 31.9 Å². The van der Waals surface area contributed by atoms with Crippen LogP contribution in [-0.4, -0.2) is 100 Å². The molecule has 2 aliphatic rings. The highest BCUT2D eigenvalue weighted by Gasteiger charge is 2.43. The molecular formula is C20H25N5O10. The Morgan fingerprint density at radius 2 is 1.89 bits per heavy atom. The molecule has 7 atom stereocenters. The summed E-state index contributed by atoms with van der Waals surface area (Å²) < 4.78 is 24.6. The fourth-order valence-corrected chi connectivity index (χ4v) is 4.12. The lowest BCUT2D eigenvalue weighted by molar-refractivity contribution is -0.176. The zero-order chi connectivity index (χ0) is 24.7. The van der Waals surface area contributed by atoms with Crippen molar-refractivity contribution in [3.63, 3.8) is 0 Å². The highest BCUT2D eigenvalue weighted by molar-refractivity contribution is 5.72. The Bertz CT molecular complexity index is 1230. The minimum atomic E-state index is -1.30. The van der Waals surface area contributed by atoms with E-state index in [1.807, 2.05) is 0 Å². The Morgan fingerprint density at radius 1 is 1.09 bits per heavy atom. The van der Waals surface area contributed by atoms with Gasteiger partial charge in [0.1, 0.15) is 48.6 Å². The number of rotatable bonds is 8. The van der Waals surface area contributed by atoms with Gasteiger partial charge < -0.3 is 44.2 Å². The van der Waals surface area contributed by atoms with Crippen LogP contribution in [0.25, 0.3) is 11.1 Å². The fraction of sp³-hybridized carbons (Fsp3) is 0.600. The largest absolute Gasteiger partial charge is 0.441 e. The lowest BCUT2D eigenvalue weighted by Gasteiger charge is -2.14. The summed E-state index contributed by atoms with van der Waals surface area (Å²) in [6, 6.07) is 1.68. The summed E-state index contributed by atoms with van der Waals surface area (Å²) in [6.07, 6.45) is -3.74. The molecule has 2 saturated heterocycles. The Labute approximate surface area is 196 Å². The van der Waals surface area contributed by atoms with Crippen molar-refractivity contribution in [3.8, 4) is 0 Å². The van der Waals surface area contributed by atoms with E-state index >= 15 is 0 Å². The van der Waals surface area contributed by atoms with Crippen molar-refractivity contribution >= 4 is 11.1 Å². The molecule has 0 bridgehead atoms. The van der Waals surface area contributed by atoms with Crippen molar-refractivity contribution in [2.45, 2.75) is 62.6 Å². The molecule has 190 valence electrons. The predicted molar refractivity (Wildman–Crippen MR) is 112 cm³/mol. The SMILES string of the molecule is O=c1nc2oc(Cn3cc(CO[C@@H]4O[C@H](CO)[C@@H](O)[C@H]4O)nn3)cc2cn1[C@H]1C[C@H](O)[C@@H](CO)O1. The molecule has 0 unspecified atom stereocenters. The second-order valence-corrected chi connectivity index (χ2v) is 8.44. The summed E-state index contributed by atoms with van der Waals surface area (Å²) in [5, 5.41) is 56.5. The number of fused-ring (bicyclic) bond motifs is 1. The molecule has 0 radical (unpaired) electrons. The zero-order valence-electron chi connectivity index (χ0n) is 18.3. The number of aliphatic hydroxyl groups is 5. The molecule has 0 aromatic carbocycles. The molecule has 0 amide bonds. The van der Waals surface area contributed by atoms with Crippen molar-refractivity contribution in [1.29, 1.82) is 0 Å². The first-order valence-electron chi connectivity index (χ1n) is 10.9. The quantitative estimate of drug-likeness (QED) is 0.215. The summed E-state index contributed by atoms with van der Waals surface area (Å²) in [5.41, 5.74) is -0.0576. The van der Waals surface area contributed by atoms with Crippen LogP contribution in [0.4, 0.5) is 0 Å². The van der Waals surface area contributed by atoms with Gasteiger partial charge >= 0.3 is 5.69 Å². The molecule has 5 rings (SSSR count). The van der Waals surface area contributed by atoms with Gasteiger partial charge in [0.2, 0.25) is 5.71 Å². The third-order valence-electron chi connectivity index (χ3n) is 5.98. The molecule has 15 nitrogen and oxygen atoms in total. The van der Waals surface area contributed by atoms with Crippen LogP contribution in [0, 0.1) is 0 Å². The molecule has 0 saturated carbocycles. The highest BCUT2D eigenvalue weighted by atomic mass is 16.7. The first-order valence-corrected chi connectivity index (χ1v) is 10.9. The molecule has 5 N–H and O–H groups in total.